The van der Waals surface area contributed by atoms with Crippen LogP contribution in [0.4, 0.5) is 0 Å². The Morgan fingerprint density at radius 3 is 2.55 bits per heavy atom. The number of benzene rings is 1. The summed E-state index contributed by atoms with van der Waals surface area (Å²) < 4.78 is 10.3. The van der Waals surface area contributed by atoms with E-state index in [0.717, 1.165) is 18.5 Å². The molecule has 0 unspecified atom stereocenters. The van der Waals surface area contributed by atoms with Crippen LogP contribution in [0.1, 0.15) is 28.9 Å². The average molecular weight is 396 g/mol. The lowest BCUT2D eigenvalue weighted by molar-refractivity contribution is -0.130. The largest absolute Gasteiger partial charge is 0.472 e. The fourth-order valence-corrected chi connectivity index (χ4v) is 3.24. The number of hydrogen-bond acceptors (Lipinski definition) is 6. The molecule has 0 saturated carbocycles. The van der Waals surface area contributed by atoms with Crippen molar-refractivity contribution < 1.29 is 13.7 Å². The van der Waals surface area contributed by atoms with Gasteiger partial charge in [-0.1, -0.05) is 34.5 Å². The number of likely N-dealkylation sites (N-methyl/N-ethyl adjacent to an activating group) is 2. The van der Waals surface area contributed by atoms with E-state index in [-0.39, 0.29) is 5.91 Å². The van der Waals surface area contributed by atoms with E-state index in [1.807, 2.05) is 14.1 Å². The van der Waals surface area contributed by atoms with Gasteiger partial charge in [0.15, 0.2) is 5.82 Å². The van der Waals surface area contributed by atoms with Crippen LogP contribution in [-0.2, 0) is 17.8 Å². The number of rotatable bonds is 9. The van der Waals surface area contributed by atoms with E-state index in [1.165, 1.54) is 16.7 Å². The SMILES string of the molecule is Cc1cc(C)cc(CCC(=O)N(C)CCN(C)Cc2noc(-c3ccoc3)n2)c1. The number of aromatic nitrogens is 2. The smallest absolute Gasteiger partial charge is 0.261 e. The van der Waals surface area contributed by atoms with Gasteiger partial charge in [0, 0.05) is 26.6 Å². The Hall–Kier alpha value is -2.93. The molecule has 0 saturated heterocycles. The molecule has 0 aliphatic rings. The van der Waals surface area contributed by atoms with Gasteiger partial charge in [0.2, 0.25) is 5.91 Å². The molecule has 1 aromatic carbocycles. The van der Waals surface area contributed by atoms with Crippen molar-refractivity contribution in [3.63, 3.8) is 0 Å². The van der Waals surface area contributed by atoms with E-state index >= 15 is 0 Å². The molecule has 2 aromatic heterocycles. The number of aryl methyl sites for hydroxylation is 3. The second kappa shape index (κ2) is 9.52. The fourth-order valence-electron chi connectivity index (χ4n) is 3.24. The highest BCUT2D eigenvalue weighted by Crippen LogP contribution is 2.17. The lowest BCUT2D eigenvalue weighted by Gasteiger charge is -2.21. The molecule has 2 heterocycles. The van der Waals surface area contributed by atoms with Gasteiger partial charge in [-0.3, -0.25) is 9.69 Å². The van der Waals surface area contributed by atoms with Gasteiger partial charge in [-0.15, -0.1) is 0 Å². The highest BCUT2D eigenvalue weighted by Gasteiger charge is 2.14. The Bertz CT molecular complexity index is 913. The van der Waals surface area contributed by atoms with Crippen LogP contribution in [0.25, 0.3) is 11.5 Å². The normalized spacial score (nSPS) is 11.2. The Balaban J connectivity index is 1.42. The summed E-state index contributed by atoms with van der Waals surface area (Å²) in [7, 11) is 3.82. The molecule has 0 aliphatic carbocycles. The van der Waals surface area contributed by atoms with E-state index in [0.29, 0.717) is 31.2 Å². The van der Waals surface area contributed by atoms with Crippen LogP contribution in [0.2, 0.25) is 0 Å². The van der Waals surface area contributed by atoms with Crippen LogP contribution in [0, 0.1) is 13.8 Å². The molecule has 29 heavy (non-hydrogen) atoms. The molecular weight excluding hydrogens is 368 g/mol. The van der Waals surface area contributed by atoms with Crippen molar-refractivity contribution in [2.45, 2.75) is 33.2 Å². The highest BCUT2D eigenvalue weighted by molar-refractivity contribution is 5.76. The molecule has 0 spiro atoms. The van der Waals surface area contributed by atoms with E-state index in [4.69, 9.17) is 8.94 Å². The lowest BCUT2D eigenvalue weighted by Crippen LogP contribution is -2.34. The zero-order valence-electron chi connectivity index (χ0n) is 17.5. The lowest BCUT2D eigenvalue weighted by atomic mass is 10.0. The van der Waals surface area contributed by atoms with Crippen LogP contribution >= 0.6 is 0 Å². The summed E-state index contributed by atoms with van der Waals surface area (Å²) in [6.45, 7) is 6.09. The Morgan fingerprint density at radius 2 is 1.86 bits per heavy atom. The van der Waals surface area contributed by atoms with Gasteiger partial charge in [-0.25, -0.2) is 0 Å². The number of amides is 1. The standard InChI is InChI=1S/C22H28N4O3/c1-16-11-17(2)13-18(12-16)5-6-21(27)26(4)9-8-25(3)14-20-23-22(29-24-20)19-7-10-28-15-19/h7,10-13,15H,5-6,8-9,14H2,1-4H3. The second-order valence-corrected chi connectivity index (χ2v) is 7.58. The molecule has 1 amide bonds. The van der Waals surface area contributed by atoms with Gasteiger partial charge in [0.1, 0.15) is 6.26 Å². The third kappa shape index (κ3) is 6.02. The van der Waals surface area contributed by atoms with E-state index in [1.54, 1.807) is 23.5 Å². The molecule has 0 aliphatic heterocycles. The molecule has 0 N–H and O–H groups in total. The first kappa shape index (κ1) is 20.8. The van der Waals surface area contributed by atoms with Crippen molar-refractivity contribution in [2.75, 3.05) is 27.2 Å². The summed E-state index contributed by atoms with van der Waals surface area (Å²) >= 11 is 0. The Morgan fingerprint density at radius 1 is 1.10 bits per heavy atom. The first-order chi connectivity index (χ1) is 13.9. The maximum atomic E-state index is 12.5. The van der Waals surface area contributed by atoms with Crippen LogP contribution in [0.15, 0.2) is 45.7 Å². The minimum absolute atomic E-state index is 0.152. The van der Waals surface area contributed by atoms with Crippen LogP contribution in [-0.4, -0.2) is 53.0 Å². The number of furan rings is 1. The molecule has 3 rings (SSSR count). The van der Waals surface area contributed by atoms with Crippen molar-refractivity contribution in [3.05, 3.63) is 59.3 Å². The van der Waals surface area contributed by atoms with Crippen LogP contribution < -0.4 is 0 Å². The zero-order chi connectivity index (χ0) is 20.8. The van der Waals surface area contributed by atoms with Gasteiger partial charge >= 0.3 is 0 Å². The summed E-state index contributed by atoms with van der Waals surface area (Å²) in [6.07, 6.45) is 4.42. The minimum atomic E-state index is 0.152. The Labute approximate surface area is 171 Å². The fraction of sp³-hybridized carbons (Fsp3) is 0.409. The van der Waals surface area contributed by atoms with Crippen molar-refractivity contribution in [2.24, 2.45) is 0 Å². The quantitative estimate of drug-likeness (QED) is 0.551. The van der Waals surface area contributed by atoms with Crippen LogP contribution in [0.3, 0.4) is 0 Å². The number of carbonyl (C=O) groups excluding carboxylic acids is 1. The molecule has 0 atom stereocenters. The molecule has 0 fully saturated rings. The second-order valence-electron chi connectivity index (χ2n) is 7.58. The summed E-state index contributed by atoms with van der Waals surface area (Å²) in [4.78, 5) is 20.7. The van der Waals surface area contributed by atoms with Crippen molar-refractivity contribution in [1.29, 1.82) is 0 Å². The molecular formula is C22H28N4O3. The third-order valence-electron chi connectivity index (χ3n) is 4.80. The molecule has 0 bridgehead atoms. The maximum Gasteiger partial charge on any atom is 0.261 e. The molecule has 7 heteroatoms. The summed E-state index contributed by atoms with van der Waals surface area (Å²) in [5, 5.41) is 4.00. The third-order valence-corrected chi connectivity index (χ3v) is 4.80. The van der Waals surface area contributed by atoms with Crippen LogP contribution in [0.5, 0.6) is 0 Å². The van der Waals surface area contributed by atoms with Crippen molar-refractivity contribution in [1.82, 2.24) is 19.9 Å². The predicted molar refractivity (Wildman–Crippen MR) is 110 cm³/mol. The highest BCUT2D eigenvalue weighted by atomic mass is 16.5. The summed E-state index contributed by atoms with van der Waals surface area (Å²) in [5.74, 6) is 1.20. The monoisotopic (exact) mass is 396 g/mol. The first-order valence-electron chi connectivity index (χ1n) is 9.75. The molecule has 7 nitrogen and oxygen atoms in total. The zero-order valence-corrected chi connectivity index (χ0v) is 17.5. The molecule has 154 valence electrons. The topological polar surface area (TPSA) is 75.6 Å². The minimum Gasteiger partial charge on any atom is -0.472 e. The number of hydrogen-bond donors (Lipinski definition) is 0. The first-order valence-corrected chi connectivity index (χ1v) is 9.75. The predicted octanol–water partition coefficient (Wildman–Crippen LogP) is 3.47. The van der Waals surface area contributed by atoms with E-state index < -0.39 is 0 Å². The Kier molecular flexibility index (Phi) is 6.82. The maximum absolute atomic E-state index is 12.5. The van der Waals surface area contributed by atoms with E-state index in [9.17, 15) is 4.79 Å². The molecule has 3 aromatic rings. The van der Waals surface area contributed by atoms with Gasteiger partial charge in [0.05, 0.1) is 18.4 Å². The average Bonchev–Trinajstić information content (AvgIpc) is 3.35. The van der Waals surface area contributed by atoms with Crippen molar-refractivity contribution >= 4 is 5.91 Å². The summed E-state index contributed by atoms with van der Waals surface area (Å²) in [6, 6.07) is 8.22. The van der Waals surface area contributed by atoms with Crippen molar-refractivity contribution in [3.8, 4) is 11.5 Å². The van der Waals surface area contributed by atoms with Gasteiger partial charge in [-0.05, 0) is 38.9 Å². The van der Waals surface area contributed by atoms with E-state index in [2.05, 4.69) is 47.1 Å². The molecule has 0 radical (unpaired) electrons. The summed E-state index contributed by atoms with van der Waals surface area (Å²) in [5.41, 5.74) is 4.45. The van der Waals surface area contributed by atoms with Gasteiger partial charge < -0.3 is 13.8 Å². The van der Waals surface area contributed by atoms with Gasteiger partial charge in [0.25, 0.3) is 5.89 Å². The van der Waals surface area contributed by atoms with Gasteiger partial charge in [-0.2, -0.15) is 4.98 Å². The number of nitrogens with zero attached hydrogens (tertiary/aromatic N) is 4. The number of carbonyl (C=O) groups is 1.